The molecule has 3 rings (SSSR count). The van der Waals surface area contributed by atoms with Crippen LogP contribution >= 0.6 is 11.8 Å². The molecular formula is C29H27F5N6O4S. The van der Waals surface area contributed by atoms with Crippen LogP contribution in [0.15, 0.2) is 80.7 Å². The molecule has 16 heteroatoms. The Morgan fingerprint density at radius 1 is 1.00 bits per heavy atom. The molecule has 0 spiro atoms. The normalized spacial score (nSPS) is 13.0. The lowest BCUT2D eigenvalue weighted by molar-refractivity contribution is -0.360. The standard InChI is InChI=1S/C29H27F5N6O4S/c1-17-12-23(43-3)13-18(2)25(17)39-27(45-15-24(41)42)40-38-14-19-4-6-20(7-5-19)26(35)37-16-36-21-8-10-22(11-9-21)44-29(33,34)28(30,31)32/h4-14,16H,15H2,1-3H3,(H,39,40)(H,41,42)(H2,35,36,37)/b38-14-. The van der Waals surface area contributed by atoms with E-state index < -0.39 is 24.0 Å². The molecule has 0 aliphatic heterocycles. The van der Waals surface area contributed by atoms with Gasteiger partial charge in [-0.2, -0.15) is 27.1 Å². The quantitative estimate of drug-likeness (QED) is 0.0951. The number of rotatable bonds is 11. The third kappa shape index (κ3) is 10.3. The van der Waals surface area contributed by atoms with Crippen molar-refractivity contribution in [2.24, 2.45) is 25.8 Å². The number of thioether (sulfide) groups is 1. The number of nitrogens with zero attached hydrogens (tertiary/aromatic N) is 4. The zero-order valence-electron chi connectivity index (χ0n) is 24.0. The van der Waals surface area contributed by atoms with Crippen molar-refractivity contribution in [3.05, 3.63) is 82.9 Å². The number of amidine groups is 2. The summed E-state index contributed by atoms with van der Waals surface area (Å²) in [5, 5.41) is 13.6. The van der Waals surface area contributed by atoms with Crippen LogP contribution in [0.4, 0.5) is 33.3 Å². The van der Waals surface area contributed by atoms with Gasteiger partial charge in [0.1, 0.15) is 23.7 Å². The van der Waals surface area contributed by atoms with Gasteiger partial charge in [-0.1, -0.05) is 36.0 Å². The molecule has 0 heterocycles. The molecule has 0 aromatic heterocycles. The third-order valence-corrected chi connectivity index (χ3v) is 6.49. The maximum absolute atomic E-state index is 13.0. The molecule has 0 atom stereocenters. The molecule has 0 bridgehead atoms. The number of hydrogen-bond donors (Lipinski definition) is 3. The fraction of sp³-hybridized carbons (Fsp3) is 0.207. The number of aryl methyl sites for hydroxylation is 2. The highest BCUT2D eigenvalue weighted by Crippen LogP contribution is 2.37. The molecule has 0 saturated carbocycles. The van der Waals surface area contributed by atoms with Gasteiger partial charge >= 0.3 is 18.3 Å². The van der Waals surface area contributed by atoms with Crippen LogP contribution in [0, 0.1) is 13.8 Å². The van der Waals surface area contributed by atoms with Gasteiger partial charge in [0, 0.05) is 5.56 Å². The summed E-state index contributed by atoms with van der Waals surface area (Å²) in [7, 11) is 1.56. The molecule has 0 aliphatic rings. The lowest BCUT2D eigenvalue weighted by Crippen LogP contribution is -2.41. The molecule has 3 aromatic carbocycles. The molecule has 10 nitrogen and oxygen atoms in total. The Hall–Kier alpha value is -4.99. The van der Waals surface area contributed by atoms with Crippen LogP contribution in [0.5, 0.6) is 11.5 Å². The monoisotopic (exact) mass is 650 g/mol. The van der Waals surface area contributed by atoms with E-state index in [2.05, 4.69) is 30.2 Å². The van der Waals surface area contributed by atoms with Gasteiger partial charge in [-0.15, -0.1) is 0 Å². The molecule has 0 unspecified atom stereocenters. The van der Waals surface area contributed by atoms with Crippen molar-refractivity contribution in [1.82, 2.24) is 5.43 Å². The number of carboxylic acid groups (broad SMARTS) is 1. The number of carbonyl (C=O) groups is 1. The number of carboxylic acids is 1. The molecule has 45 heavy (non-hydrogen) atoms. The molecular weight excluding hydrogens is 623 g/mol. The lowest BCUT2D eigenvalue weighted by Gasteiger charge is -2.20. The van der Waals surface area contributed by atoms with E-state index in [0.29, 0.717) is 22.6 Å². The Morgan fingerprint density at radius 2 is 1.62 bits per heavy atom. The largest absolute Gasteiger partial charge is 0.499 e. The summed E-state index contributed by atoms with van der Waals surface area (Å²) >= 11 is 0.975. The predicted octanol–water partition coefficient (Wildman–Crippen LogP) is 6.34. The molecule has 238 valence electrons. The topological polar surface area (TPSA) is 143 Å². The predicted molar refractivity (Wildman–Crippen MR) is 164 cm³/mol. The van der Waals surface area contributed by atoms with E-state index in [9.17, 15) is 26.7 Å². The van der Waals surface area contributed by atoms with Crippen LogP contribution in [0.1, 0.15) is 22.3 Å². The van der Waals surface area contributed by atoms with Crippen molar-refractivity contribution < 1.29 is 41.3 Å². The van der Waals surface area contributed by atoms with Gasteiger partial charge in [0.05, 0.1) is 30.5 Å². The van der Waals surface area contributed by atoms with Crippen LogP contribution in [0.2, 0.25) is 0 Å². The van der Waals surface area contributed by atoms with Crippen molar-refractivity contribution in [2.45, 2.75) is 26.1 Å². The van der Waals surface area contributed by atoms with Crippen molar-refractivity contribution in [3.8, 4) is 11.5 Å². The van der Waals surface area contributed by atoms with E-state index in [1.165, 1.54) is 18.3 Å². The number of methoxy groups -OCH3 is 1. The number of aliphatic imine (C=N–C) groups is 3. The second-order valence-corrected chi connectivity index (χ2v) is 10.0. The number of aliphatic carboxylic acids is 1. The Morgan fingerprint density at radius 3 is 2.18 bits per heavy atom. The fourth-order valence-corrected chi connectivity index (χ4v) is 4.01. The van der Waals surface area contributed by atoms with Crippen molar-refractivity contribution in [2.75, 3.05) is 12.9 Å². The molecule has 0 saturated heterocycles. The minimum Gasteiger partial charge on any atom is -0.497 e. The number of hydrogen-bond acceptors (Lipinski definition) is 7. The summed E-state index contributed by atoms with van der Waals surface area (Å²) in [6, 6.07) is 14.5. The molecule has 0 radical (unpaired) electrons. The first-order chi connectivity index (χ1) is 21.2. The average Bonchev–Trinajstić information content (AvgIpc) is 2.97. The number of halogens is 5. The Bertz CT molecular complexity index is 1590. The second kappa shape index (κ2) is 15.1. The van der Waals surface area contributed by atoms with Crippen molar-refractivity contribution in [3.63, 3.8) is 0 Å². The zero-order chi connectivity index (χ0) is 33.2. The van der Waals surface area contributed by atoms with Gasteiger partial charge in [-0.25, -0.2) is 15.0 Å². The highest BCUT2D eigenvalue weighted by atomic mass is 32.2. The number of ether oxygens (including phenoxy) is 2. The van der Waals surface area contributed by atoms with Crippen LogP contribution in [0.3, 0.4) is 0 Å². The maximum Gasteiger partial charge on any atom is 0.499 e. The van der Waals surface area contributed by atoms with E-state index >= 15 is 0 Å². The maximum atomic E-state index is 13.0. The van der Waals surface area contributed by atoms with Crippen LogP contribution < -0.4 is 20.6 Å². The van der Waals surface area contributed by atoms with Crippen LogP contribution in [0.25, 0.3) is 0 Å². The minimum atomic E-state index is -5.85. The second-order valence-electron chi connectivity index (χ2n) is 9.07. The first kappa shape index (κ1) is 34.5. The lowest BCUT2D eigenvalue weighted by atomic mass is 10.1. The Balaban J connectivity index is 1.64. The molecule has 0 amide bonds. The Labute approximate surface area is 258 Å². The number of benzene rings is 3. The summed E-state index contributed by atoms with van der Waals surface area (Å²) in [5.41, 5.74) is 12.5. The van der Waals surface area contributed by atoms with Gasteiger partial charge in [-0.3, -0.25) is 10.2 Å². The van der Waals surface area contributed by atoms with Crippen LogP contribution in [-0.4, -0.2) is 59.8 Å². The number of nitrogens with one attached hydrogen (secondary N) is 1. The molecule has 4 N–H and O–H groups in total. The zero-order valence-corrected chi connectivity index (χ0v) is 24.8. The first-order valence-electron chi connectivity index (χ1n) is 12.8. The number of alkyl halides is 5. The highest BCUT2D eigenvalue weighted by molar-refractivity contribution is 8.14. The first-order valence-corrected chi connectivity index (χ1v) is 13.7. The van der Waals surface area contributed by atoms with Gasteiger partial charge < -0.3 is 20.3 Å². The van der Waals surface area contributed by atoms with E-state index in [1.807, 2.05) is 26.0 Å². The summed E-state index contributed by atoms with van der Waals surface area (Å²) < 4.78 is 71.9. The molecule has 0 fully saturated rings. The molecule has 0 aliphatic carbocycles. The fourth-order valence-electron chi connectivity index (χ4n) is 3.47. The van der Waals surface area contributed by atoms with Gasteiger partial charge in [0.25, 0.3) is 0 Å². The SMILES string of the molecule is COc1cc(C)c(N=C(N/N=C\c2ccc(C(N)=NC=Nc3ccc(OC(F)(F)C(F)(F)F)cc3)cc2)SCC(=O)O)c(C)c1. The highest BCUT2D eigenvalue weighted by Gasteiger charge is 2.61. The Kier molecular flexibility index (Phi) is 11.6. The van der Waals surface area contributed by atoms with E-state index in [4.69, 9.17) is 15.6 Å². The van der Waals surface area contributed by atoms with Crippen LogP contribution in [-0.2, 0) is 4.79 Å². The number of nitrogens with two attached hydrogens (primary N) is 1. The van der Waals surface area contributed by atoms with Gasteiger partial charge in [-0.05, 0) is 66.9 Å². The average molecular weight is 651 g/mol. The van der Waals surface area contributed by atoms with Crippen molar-refractivity contribution >= 4 is 52.7 Å². The van der Waals surface area contributed by atoms with E-state index in [0.717, 1.165) is 41.4 Å². The summed E-state index contributed by atoms with van der Waals surface area (Å²) in [6.07, 6.45) is -8.59. The van der Waals surface area contributed by atoms with E-state index in [-0.39, 0.29) is 22.4 Å². The molecule has 3 aromatic rings. The summed E-state index contributed by atoms with van der Waals surface area (Å²) in [6.45, 7) is 3.73. The number of hydrazone groups is 1. The summed E-state index contributed by atoms with van der Waals surface area (Å²) in [5.74, 6) is -1.16. The van der Waals surface area contributed by atoms with E-state index in [1.54, 1.807) is 31.4 Å². The van der Waals surface area contributed by atoms with Gasteiger partial charge in [0.2, 0.25) is 0 Å². The van der Waals surface area contributed by atoms with Gasteiger partial charge in [0.15, 0.2) is 5.17 Å². The third-order valence-electron chi connectivity index (χ3n) is 5.64. The summed E-state index contributed by atoms with van der Waals surface area (Å²) in [4.78, 5) is 23.7. The minimum absolute atomic E-state index is 0.0925. The van der Waals surface area contributed by atoms with Crippen molar-refractivity contribution in [1.29, 1.82) is 0 Å². The smallest absolute Gasteiger partial charge is 0.497 e.